The van der Waals surface area contributed by atoms with Crippen molar-refractivity contribution < 1.29 is 14.6 Å². The summed E-state index contributed by atoms with van der Waals surface area (Å²) in [7, 11) is 1.71. The van der Waals surface area contributed by atoms with E-state index in [0.29, 0.717) is 6.04 Å². The Hall–Kier alpha value is -1.63. The van der Waals surface area contributed by atoms with Crippen LogP contribution >= 0.6 is 0 Å². The lowest BCUT2D eigenvalue weighted by Gasteiger charge is -2.61. The number of likely N-dealkylation sites (tertiary alicyclic amines) is 1. The molecule has 1 aromatic carbocycles. The fraction of sp³-hybridized carbons (Fsp3) is 0.632. The zero-order valence-corrected chi connectivity index (χ0v) is 15.0. The molecule has 3 aliphatic heterocycles. The lowest BCUT2D eigenvalue weighted by molar-refractivity contribution is -0.149. The van der Waals surface area contributed by atoms with Crippen LogP contribution in [-0.2, 0) is 11.3 Å². The number of rotatable bonds is 3. The van der Waals surface area contributed by atoms with E-state index in [2.05, 4.69) is 15.9 Å². The molecule has 3 saturated heterocycles. The number of hydrogen-bond acceptors (Lipinski definition) is 5. The summed E-state index contributed by atoms with van der Waals surface area (Å²) in [6, 6.07) is 8.42. The van der Waals surface area contributed by atoms with Gasteiger partial charge in [-0.25, -0.2) is 0 Å². The van der Waals surface area contributed by atoms with E-state index < -0.39 is 0 Å². The molecule has 3 heterocycles. The number of nitrogens with zero attached hydrogens (tertiary/aromatic N) is 3. The molecule has 0 unspecified atom stereocenters. The Bertz CT molecular complexity index is 659. The smallest absolute Gasteiger partial charge is 0.219 e. The number of aliphatic hydroxyl groups is 1. The highest BCUT2D eigenvalue weighted by molar-refractivity contribution is 5.73. The maximum absolute atomic E-state index is 12.0. The minimum atomic E-state index is -0.267. The lowest BCUT2D eigenvalue weighted by atomic mass is 9.83. The number of benzene rings is 1. The number of fused-ring (bicyclic) bond motifs is 2. The van der Waals surface area contributed by atoms with E-state index in [1.54, 1.807) is 14.0 Å². The number of β-amino-alcohol motifs (C(OH)–C–C–N with tert-alkyl or cyclic N) is 1. The highest BCUT2D eigenvalue weighted by atomic mass is 16.5. The standard InChI is InChI=1S/C19H27N3O3/c1-14(23)21-9-16-7-17(24)10-22(16)19(13-21)11-20(12-19)8-15-5-3-4-6-18(15)25-2/h3-6,16-17,24H,7-13H2,1-2H3/t16-,17+/m0/s1. The SMILES string of the molecule is COc1ccccc1CN1CC2(C1)CN(C(C)=O)C[C@@H]1C[C@@H](O)CN12. The first-order valence-electron chi connectivity index (χ1n) is 9.05. The number of para-hydroxylation sites is 1. The molecule has 1 aromatic rings. The first kappa shape index (κ1) is 16.8. The second-order valence-electron chi connectivity index (χ2n) is 7.78. The van der Waals surface area contributed by atoms with E-state index in [-0.39, 0.29) is 17.6 Å². The summed E-state index contributed by atoms with van der Waals surface area (Å²) in [5.74, 6) is 1.07. The van der Waals surface area contributed by atoms with Crippen molar-refractivity contribution in [3.05, 3.63) is 29.8 Å². The van der Waals surface area contributed by atoms with Crippen molar-refractivity contribution in [3.8, 4) is 5.75 Å². The Balaban J connectivity index is 1.48. The number of methoxy groups -OCH3 is 1. The van der Waals surface area contributed by atoms with Gasteiger partial charge in [0.05, 0.1) is 18.8 Å². The number of carbonyl (C=O) groups is 1. The summed E-state index contributed by atoms with van der Waals surface area (Å²) in [6.07, 6.45) is 0.509. The van der Waals surface area contributed by atoms with Gasteiger partial charge in [0.15, 0.2) is 0 Å². The van der Waals surface area contributed by atoms with Crippen LogP contribution < -0.4 is 4.74 Å². The van der Waals surface area contributed by atoms with Crippen LogP contribution in [0.5, 0.6) is 5.75 Å². The number of aliphatic hydroxyl groups excluding tert-OH is 1. The molecular weight excluding hydrogens is 318 g/mol. The Labute approximate surface area is 149 Å². The van der Waals surface area contributed by atoms with Crippen LogP contribution in [0.4, 0.5) is 0 Å². The van der Waals surface area contributed by atoms with Gasteiger partial charge in [-0.3, -0.25) is 14.6 Å². The van der Waals surface area contributed by atoms with E-state index >= 15 is 0 Å². The van der Waals surface area contributed by atoms with Crippen molar-refractivity contribution in [3.63, 3.8) is 0 Å². The molecule has 0 radical (unpaired) electrons. The van der Waals surface area contributed by atoms with Gasteiger partial charge in [-0.2, -0.15) is 0 Å². The Morgan fingerprint density at radius 3 is 2.76 bits per heavy atom. The average Bonchev–Trinajstić information content (AvgIpc) is 2.94. The van der Waals surface area contributed by atoms with E-state index in [4.69, 9.17) is 4.74 Å². The van der Waals surface area contributed by atoms with E-state index in [9.17, 15) is 9.90 Å². The summed E-state index contributed by atoms with van der Waals surface area (Å²) >= 11 is 0. The second-order valence-corrected chi connectivity index (χ2v) is 7.78. The molecule has 1 N–H and O–H groups in total. The van der Waals surface area contributed by atoms with Gasteiger partial charge < -0.3 is 14.7 Å². The molecular formula is C19H27N3O3. The van der Waals surface area contributed by atoms with E-state index in [0.717, 1.165) is 51.4 Å². The number of hydrogen-bond donors (Lipinski definition) is 1. The monoisotopic (exact) mass is 345 g/mol. The average molecular weight is 345 g/mol. The molecule has 2 atom stereocenters. The zero-order chi connectivity index (χ0) is 17.6. The van der Waals surface area contributed by atoms with Crippen LogP contribution in [0.3, 0.4) is 0 Å². The molecule has 136 valence electrons. The third kappa shape index (κ3) is 2.92. The van der Waals surface area contributed by atoms with Gasteiger partial charge in [0.25, 0.3) is 0 Å². The van der Waals surface area contributed by atoms with Gasteiger partial charge in [0.1, 0.15) is 5.75 Å². The molecule has 1 spiro atoms. The Kier molecular flexibility index (Phi) is 4.22. The van der Waals surface area contributed by atoms with Crippen molar-refractivity contribution in [2.24, 2.45) is 0 Å². The summed E-state index contributed by atoms with van der Waals surface area (Å²) in [5, 5.41) is 10.1. The highest BCUT2D eigenvalue weighted by Gasteiger charge is 2.56. The lowest BCUT2D eigenvalue weighted by Crippen LogP contribution is -2.78. The minimum Gasteiger partial charge on any atom is -0.496 e. The van der Waals surface area contributed by atoms with Crippen LogP contribution in [0.15, 0.2) is 24.3 Å². The predicted molar refractivity (Wildman–Crippen MR) is 94.4 cm³/mol. The molecule has 3 fully saturated rings. The number of piperazine rings is 1. The van der Waals surface area contributed by atoms with Crippen molar-refractivity contribution in [1.29, 1.82) is 0 Å². The van der Waals surface area contributed by atoms with Crippen molar-refractivity contribution in [1.82, 2.24) is 14.7 Å². The first-order chi connectivity index (χ1) is 12.0. The first-order valence-corrected chi connectivity index (χ1v) is 9.05. The van der Waals surface area contributed by atoms with Crippen molar-refractivity contribution in [2.75, 3.05) is 39.8 Å². The largest absolute Gasteiger partial charge is 0.496 e. The molecule has 1 amide bonds. The topological polar surface area (TPSA) is 56.3 Å². The molecule has 6 heteroatoms. The van der Waals surface area contributed by atoms with Gasteiger partial charge >= 0.3 is 0 Å². The normalized spacial score (nSPS) is 28.7. The Morgan fingerprint density at radius 2 is 2.04 bits per heavy atom. The third-order valence-corrected chi connectivity index (χ3v) is 5.99. The van der Waals surface area contributed by atoms with Crippen LogP contribution in [-0.4, -0.2) is 83.2 Å². The molecule has 0 saturated carbocycles. The van der Waals surface area contributed by atoms with E-state index in [1.165, 1.54) is 5.56 Å². The fourth-order valence-corrected chi connectivity index (χ4v) is 4.91. The van der Waals surface area contributed by atoms with Crippen LogP contribution in [0.1, 0.15) is 18.9 Å². The van der Waals surface area contributed by atoms with Gasteiger partial charge in [0.2, 0.25) is 5.91 Å². The zero-order valence-electron chi connectivity index (χ0n) is 15.0. The number of ether oxygens (including phenoxy) is 1. The van der Waals surface area contributed by atoms with Crippen molar-refractivity contribution in [2.45, 2.75) is 37.6 Å². The molecule has 0 aromatic heterocycles. The molecule has 0 aliphatic carbocycles. The van der Waals surface area contributed by atoms with Gasteiger partial charge in [0, 0.05) is 57.8 Å². The second kappa shape index (κ2) is 6.27. The minimum absolute atomic E-state index is 0.00587. The predicted octanol–water partition coefficient (Wildman–Crippen LogP) is 0.547. The summed E-state index contributed by atoms with van der Waals surface area (Å²) in [6.45, 7) is 6.62. The van der Waals surface area contributed by atoms with Crippen molar-refractivity contribution >= 4 is 5.91 Å². The third-order valence-electron chi connectivity index (χ3n) is 5.99. The molecule has 6 nitrogen and oxygen atoms in total. The van der Waals surface area contributed by atoms with Crippen LogP contribution in [0.2, 0.25) is 0 Å². The number of amides is 1. The highest BCUT2D eigenvalue weighted by Crippen LogP contribution is 2.39. The summed E-state index contributed by atoms with van der Waals surface area (Å²) < 4.78 is 5.46. The fourth-order valence-electron chi connectivity index (χ4n) is 4.91. The van der Waals surface area contributed by atoms with Crippen LogP contribution in [0, 0.1) is 0 Å². The van der Waals surface area contributed by atoms with Gasteiger partial charge in [-0.1, -0.05) is 18.2 Å². The number of carbonyl (C=O) groups excluding carboxylic acids is 1. The Morgan fingerprint density at radius 1 is 1.28 bits per heavy atom. The van der Waals surface area contributed by atoms with Gasteiger partial charge in [-0.15, -0.1) is 0 Å². The summed E-state index contributed by atoms with van der Waals surface area (Å²) in [5.41, 5.74) is 1.19. The quantitative estimate of drug-likeness (QED) is 0.867. The molecule has 4 rings (SSSR count). The summed E-state index contributed by atoms with van der Waals surface area (Å²) in [4.78, 5) is 18.8. The molecule has 3 aliphatic rings. The maximum atomic E-state index is 12.0. The molecule has 0 bridgehead atoms. The molecule has 25 heavy (non-hydrogen) atoms. The van der Waals surface area contributed by atoms with Gasteiger partial charge in [-0.05, 0) is 12.5 Å². The maximum Gasteiger partial charge on any atom is 0.219 e. The van der Waals surface area contributed by atoms with E-state index in [1.807, 2.05) is 23.1 Å². The van der Waals surface area contributed by atoms with Crippen LogP contribution in [0.25, 0.3) is 0 Å².